The Morgan fingerprint density at radius 3 is 2.68 bits per heavy atom. The van der Waals surface area contributed by atoms with E-state index >= 15 is 0 Å². The van der Waals surface area contributed by atoms with Gasteiger partial charge in [-0.2, -0.15) is 5.10 Å². The van der Waals surface area contributed by atoms with Crippen LogP contribution in [0.15, 0.2) is 35.4 Å². The minimum absolute atomic E-state index is 0.0152. The van der Waals surface area contributed by atoms with Crippen molar-refractivity contribution in [2.45, 2.75) is 57.9 Å². The molecular formula is C20H27N3O2. The molecule has 1 aliphatic carbocycles. The molecule has 0 spiro atoms. The number of nitrogens with zero attached hydrogens (tertiary/aromatic N) is 2. The van der Waals surface area contributed by atoms with Gasteiger partial charge >= 0.3 is 0 Å². The van der Waals surface area contributed by atoms with Crippen molar-refractivity contribution in [3.05, 3.63) is 35.9 Å². The lowest BCUT2D eigenvalue weighted by atomic mass is 9.86. The molecule has 25 heavy (non-hydrogen) atoms. The average molecular weight is 341 g/mol. The highest BCUT2D eigenvalue weighted by Gasteiger charge is 2.24. The Kier molecular flexibility index (Phi) is 5.84. The monoisotopic (exact) mass is 341 g/mol. The molecular weight excluding hydrogens is 314 g/mol. The van der Waals surface area contributed by atoms with Gasteiger partial charge in [-0.15, -0.1) is 0 Å². The van der Waals surface area contributed by atoms with E-state index in [1.54, 1.807) is 0 Å². The molecule has 0 bridgehead atoms. The molecule has 1 heterocycles. The number of carbonyl (C=O) groups excluding carboxylic acids is 2. The van der Waals surface area contributed by atoms with Crippen molar-refractivity contribution in [3.8, 4) is 0 Å². The van der Waals surface area contributed by atoms with Crippen LogP contribution in [0, 0.1) is 5.92 Å². The molecule has 5 heteroatoms. The molecule has 2 aliphatic rings. The van der Waals surface area contributed by atoms with Gasteiger partial charge in [-0.3, -0.25) is 9.59 Å². The summed E-state index contributed by atoms with van der Waals surface area (Å²) in [5, 5.41) is 9.05. The summed E-state index contributed by atoms with van der Waals surface area (Å²) in [5.41, 5.74) is 2.00. The lowest BCUT2D eigenvalue weighted by molar-refractivity contribution is -0.133. The van der Waals surface area contributed by atoms with E-state index in [1.165, 1.54) is 24.3 Å². The number of amides is 2. The Hall–Kier alpha value is -2.17. The van der Waals surface area contributed by atoms with Gasteiger partial charge in [0.15, 0.2) is 0 Å². The van der Waals surface area contributed by atoms with Gasteiger partial charge in [-0.05, 0) is 24.3 Å². The molecule has 0 unspecified atom stereocenters. The molecule has 0 saturated heterocycles. The summed E-state index contributed by atoms with van der Waals surface area (Å²) < 4.78 is 0. The van der Waals surface area contributed by atoms with Crippen molar-refractivity contribution in [2.75, 3.05) is 6.54 Å². The predicted molar refractivity (Wildman–Crippen MR) is 98.1 cm³/mol. The number of carbonyl (C=O) groups is 2. The third-order valence-corrected chi connectivity index (χ3v) is 5.22. The Morgan fingerprint density at radius 1 is 1.16 bits per heavy atom. The third kappa shape index (κ3) is 4.68. The van der Waals surface area contributed by atoms with Crippen molar-refractivity contribution in [1.82, 2.24) is 10.3 Å². The smallest absolute Gasteiger partial charge is 0.243 e. The maximum Gasteiger partial charge on any atom is 0.243 e. The van der Waals surface area contributed by atoms with E-state index in [9.17, 15) is 9.59 Å². The molecule has 2 amide bonds. The van der Waals surface area contributed by atoms with Crippen molar-refractivity contribution < 1.29 is 9.59 Å². The van der Waals surface area contributed by atoms with Crippen molar-refractivity contribution in [3.63, 3.8) is 0 Å². The van der Waals surface area contributed by atoms with Crippen LogP contribution in [0.2, 0.25) is 0 Å². The zero-order chi connectivity index (χ0) is 17.6. The van der Waals surface area contributed by atoms with Crippen LogP contribution in [0.1, 0.15) is 57.4 Å². The summed E-state index contributed by atoms with van der Waals surface area (Å²) in [5.74, 6) is 0.446. The van der Waals surface area contributed by atoms with Gasteiger partial charge in [0.1, 0.15) is 0 Å². The molecule has 5 nitrogen and oxygen atoms in total. The molecule has 2 atom stereocenters. The number of hydrogen-bond donors (Lipinski definition) is 1. The third-order valence-electron chi connectivity index (χ3n) is 5.22. The first kappa shape index (κ1) is 17.6. The molecule has 1 aromatic carbocycles. The second-order valence-corrected chi connectivity index (χ2v) is 7.12. The van der Waals surface area contributed by atoms with Crippen LogP contribution in [-0.4, -0.2) is 35.1 Å². The number of nitrogens with one attached hydrogen (secondary N) is 1. The highest BCUT2D eigenvalue weighted by atomic mass is 16.2. The predicted octanol–water partition coefficient (Wildman–Crippen LogP) is 3.10. The van der Waals surface area contributed by atoms with Gasteiger partial charge in [0.25, 0.3) is 0 Å². The first-order valence-corrected chi connectivity index (χ1v) is 9.36. The number of benzene rings is 1. The largest absolute Gasteiger partial charge is 0.353 e. The molecule has 0 radical (unpaired) electrons. The molecule has 0 aromatic heterocycles. The summed E-state index contributed by atoms with van der Waals surface area (Å²) >= 11 is 0. The molecule has 1 aromatic rings. The van der Waals surface area contributed by atoms with Crippen LogP contribution in [0.25, 0.3) is 0 Å². The quantitative estimate of drug-likeness (QED) is 0.894. The maximum absolute atomic E-state index is 12.3. The minimum Gasteiger partial charge on any atom is -0.353 e. The Morgan fingerprint density at radius 2 is 1.92 bits per heavy atom. The van der Waals surface area contributed by atoms with E-state index < -0.39 is 0 Å². The normalized spacial score (nSPS) is 23.2. The molecule has 1 fully saturated rings. The number of hydrogen-bond acceptors (Lipinski definition) is 3. The van der Waals surface area contributed by atoms with E-state index in [0.717, 1.165) is 24.1 Å². The number of hydrazone groups is 1. The fourth-order valence-electron chi connectivity index (χ4n) is 3.63. The van der Waals surface area contributed by atoms with E-state index in [4.69, 9.17) is 0 Å². The first-order valence-electron chi connectivity index (χ1n) is 9.36. The first-order chi connectivity index (χ1) is 12.1. The topological polar surface area (TPSA) is 61.8 Å². The van der Waals surface area contributed by atoms with Crippen LogP contribution in [0.5, 0.6) is 0 Å². The molecule has 1 N–H and O–H groups in total. The SMILES string of the molecule is C[C@H]1CCCC[C@H]1NC(=O)CCC(=O)N1CCC(c2ccccc2)=N1. The molecule has 1 aliphatic heterocycles. The zero-order valence-electron chi connectivity index (χ0n) is 14.9. The van der Waals surface area contributed by atoms with E-state index in [-0.39, 0.29) is 30.7 Å². The highest BCUT2D eigenvalue weighted by molar-refractivity contribution is 6.02. The fraction of sp³-hybridized carbons (Fsp3) is 0.550. The Bertz CT molecular complexity index is 642. The second kappa shape index (κ2) is 8.28. The van der Waals surface area contributed by atoms with Gasteiger partial charge in [-0.25, -0.2) is 5.01 Å². The summed E-state index contributed by atoms with van der Waals surface area (Å²) in [7, 11) is 0. The Balaban J connectivity index is 1.46. The lowest BCUT2D eigenvalue weighted by Gasteiger charge is -2.29. The molecule has 1 saturated carbocycles. The molecule has 134 valence electrons. The van der Waals surface area contributed by atoms with Crippen LogP contribution < -0.4 is 5.32 Å². The fourth-order valence-corrected chi connectivity index (χ4v) is 3.63. The van der Waals surface area contributed by atoms with Gasteiger partial charge in [0, 0.05) is 25.3 Å². The second-order valence-electron chi connectivity index (χ2n) is 7.12. The van der Waals surface area contributed by atoms with E-state index in [0.29, 0.717) is 12.5 Å². The summed E-state index contributed by atoms with van der Waals surface area (Å²) in [4.78, 5) is 24.5. The van der Waals surface area contributed by atoms with E-state index in [2.05, 4.69) is 17.3 Å². The highest BCUT2D eigenvalue weighted by Crippen LogP contribution is 2.23. The van der Waals surface area contributed by atoms with Gasteiger partial charge in [-0.1, -0.05) is 50.1 Å². The van der Waals surface area contributed by atoms with Crippen LogP contribution in [0.4, 0.5) is 0 Å². The summed E-state index contributed by atoms with van der Waals surface area (Å²) in [6, 6.07) is 10.2. The minimum atomic E-state index is -0.0715. The van der Waals surface area contributed by atoms with Crippen molar-refractivity contribution in [2.24, 2.45) is 11.0 Å². The lowest BCUT2D eigenvalue weighted by Crippen LogP contribution is -2.41. The van der Waals surface area contributed by atoms with E-state index in [1.807, 2.05) is 30.3 Å². The average Bonchev–Trinajstić information content (AvgIpc) is 3.13. The van der Waals surface area contributed by atoms with Gasteiger partial charge < -0.3 is 5.32 Å². The molecule has 3 rings (SSSR count). The standard InChI is InChI=1S/C20H27N3O2/c1-15-7-5-6-10-17(15)21-19(24)11-12-20(25)23-14-13-18(22-23)16-8-3-2-4-9-16/h2-4,8-9,15,17H,5-7,10-14H2,1H3,(H,21,24)/t15-,17+/m0/s1. The van der Waals surface area contributed by atoms with Gasteiger partial charge in [0.05, 0.1) is 12.3 Å². The maximum atomic E-state index is 12.3. The Labute approximate surface area is 149 Å². The van der Waals surface area contributed by atoms with Gasteiger partial charge in [0.2, 0.25) is 11.8 Å². The van der Waals surface area contributed by atoms with Crippen LogP contribution in [0.3, 0.4) is 0 Å². The van der Waals surface area contributed by atoms with Crippen LogP contribution in [-0.2, 0) is 9.59 Å². The van der Waals surface area contributed by atoms with Crippen LogP contribution >= 0.6 is 0 Å². The zero-order valence-corrected chi connectivity index (χ0v) is 14.9. The van der Waals surface area contributed by atoms with Crippen molar-refractivity contribution in [1.29, 1.82) is 0 Å². The summed E-state index contributed by atoms with van der Waals surface area (Å²) in [6.07, 6.45) is 5.89. The number of rotatable bonds is 5. The summed E-state index contributed by atoms with van der Waals surface area (Å²) in [6.45, 7) is 2.80. The van der Waals surface area contributed by atoms with Crippen molar-refractivity contribution >= 4 is 17.5 Å².